The summed E-state index contributed by atoms with van der Waals surface area (Å²) in [6.07, 6.45) is -0.0908. The van der Waals surface area contributed by atoms with Gasteiger partial charge in [-0.3, -0.25) is 9.59 Å². The highest BCUT2D eigenvalue weighted by molar-refractivity contribution is 6.34. The number of aryl methyl sites for hydroxylation is 1. The largest absolute Gasteiger partial charge is 0.481 e. The van der Waals surface area contributed by atoms with Crippen molar-refractivity contribution < 1.29 is 14.7 Å². The average molecular weight is 298 g/mol. The number of aliphatic carboxylic acids is 1. The Kier molecular flexibility index (Phi) is 5.17. The molecule has 0 atom stereocenters. The first-order valence-electron chi connectivity index (χ1n) is 6.43. The maximum atomic E-state index is 12.6. The summed E-state index contributed by atoms with van der Waals surface area (Å²) in [4.78, 5) is 24.9. The SMILES string of the molecule is Cc1cccc(C(=O)N(CCC(=O)O)C(C)(C)C)c1Cl. The zero-order chi connectivity index (χ0) is 15.5. The molecule has 0 bridgehead atoms. The molecule has 20 heavy (non-hydrogen) atoms. The molecule has 0 saturated heterocycles. The minimum atomic E-state index is -0.928. The lowest BCUT2D eigenvalue weighted by Crippen LogP contribution is -2.46. The van der Waals surface area contributed by atoms with E-state index < -0.39 is 11.5 Å². The Bertz CT molecular complexity index is 520. The summed E-state index contributed by atoms with van der Waals surface area (Å²) in [5.41, 5.74) is 0.760. The van der Waals surface area contributed by atoms with Crippen LogP contribution in [0.3, 0.4) is 0 Å². The molecule has 0 unspecified atom stereocenters. The number of hydrogen-bond acceptors (Lipinski definition) is 2. The van der Waals surface area contributed by atoms with Crippen molar-refractivity contribution in [3.8, 4) is 0 Å². The Balaban J connectivity index is 3.10. The third-order valence-corrected chi connectivity index (χ3v) is 3.53. The third-order valence-electron chi connectivity index (χ3n) is 3.03. The van der Waals surface area contributed by atoms with Crippen molar-refractivity contribution in [3.63, 3.8) is 0 Å². The molecule has 0 spiro atoms. The van der Waals surface area contributed by atoms with Crippen molar-refractivity contribution >= 4 is 23.5 Å². The second-order valence-electron chi connectivity index (χ2n) is 5.71. The van der Waals surface area contributed by atoms with E-state index in [-0.39, 0.29) is 18.9 Å². The second-order valence-corrected chi connectivity index (χ2v) is 6.09. The molecular weight excluding hydrogens is 278 g/mol. The summed E-state index contributed by atoms with van der Waals surface area (Å²) in [7, 11) is 0. The van der Waals surface area contributed by atoms with Crippen molar-refractivity contribution in [1.82, 2.24) is 4.90 Å². The zero-order valence-electron chi connectivity index (χ0n) is 12.2. The van der Waals surface area contributed by atoms with Crippen LogP contribution >= 0.6 is 11.6 Å². The number of carbonyl (C=O) groups excluding carboxylic acids is 1. The van der Waals surface area contributed by atoms with E-state index in [0.717, 1.165) is 5.56 Å². The molecule has 1 aromatic rings. The fourth-order valence-corrected chi connectivity index (χ4v) is 2.11. The van der Waals surface area contributed by atoms with E-state index in [2.05, 4.69) is 0 Å². The van der Waals surface area contributed by atoms with Gasteiger partial charge in [-0.1, -0.05) is 23.7 Å². The van der Waals surface area contributed by atoms with Gasteiger partial charge in [0.2, 0.25) is 0 Å². The van der Waals surface area contributed by atoms with Crippen LogP contribution in [0.15, 0.2) is 18.2 Å². The van der Waals surface area contributed by atoms with Crippen molar-refractivity contribution in [1.29, 1.82) is 0 Å². The predicted molar refractivity (Wildman–Crippen MR) is 79.2 cm³/mol. The fraction of sp³-hybridized carbons (Fsp3) is 0.467. The predicted octanol–water partition coefficient (Wildman–Crippen LogP) is 3.36. The smallest absolute Gasteiger partial charge is 0.305 e. The van der Waals surface area contributed by atoms with Gasteiger partial charge in [-0.15, -0.1) is 0 Å². The maximum absolute atomic E-state index is 12.6. The van der Waals surface area contributed by atoms with Gasteiger partial charge in [-0.2, -0.15) is 0 Å². The Morgan fingerprint density at radius 1 is 1.30 bits per heavy atom. The van der Waals surface area contributed by atoms with E-state index in [4.69, 9.17) is 16.7 Å². The average Bonchev–Trinajstić information content (AvgIpc) is 2.30. The summed E-state index contributed by atoms with van der Waals surface area (Å²) in [5, 5.41) is 9.23. The molecule has 1 aromatic carbocycles. The Morgan fingerprint density at radius 2 is 1.90 bits per heavy atom. The molecular formula is C15H20ClNO3. The van der Waals surface area contributed by atoms with Gasteiger partial charge >= 0.3 is 5.97 Å². The highest BCUT2D eigenvalue weighted by Gasteiger charge is 2.29. The minimum absolute atomic E-state index is 0.0908. The van der Waals surface area contributed by atoms with Crippen LogP contribution in [-0.4, -0.2) is 34.0 Å². The van der Waals surface area contributed by atoms with Crippen LogP contribution in [0.25, 0.3) is 0 Å². The van der Waals surface area contributed by atoms with Crippen molar-refractivity contribution in [2.45, 2.75) is 39.7 Å². The van der Waals surface area contributed by atoms with Gasteiger partial charge in [-0.05, 0) is 39.3 Å². The Hall–Kier alpha value is -1.55. The number of carboxylic acid groups (broad SMARTS) is 1. The molecule has 0 radical (unpaired) electrons. The van der Waals surface area contributed by atoms with Crippen molar-refractivity contribution in [2.75, 3.05) is 6.54 Å². The van der Waals surface area contributed by atoms with Gasteiger partial charge in [-0.25, -0.2) is 0 Å². The van der Waals surface area contributed by atoms with Gasteiger partial charge in [0, 0.05) is 12.1 Å². The van der Waals surface area contributed by atoms with Crippen LogP contribution in [0.4, 0.5) is 0 Å². The number of halogens is 1. The molecule has 4 nitrogen and oxygen atoms in total. The van der Waals surface area contributed by atoms with Crippen LogP contribution in [0, 0.1) is 6.92 Å². The van der Waals surface area contributed by atoms with E-state index in [0.29, 0.717) is 10.6 Å². The number of hydrogen-bond donors (Lipinski definition) is 1. The molecule has 110 valence electrons. The lowest BCUT2D eigenvalue weighted by Gasteiger charge is -2.35. The molecule has 0 aromatic heterocycles. The monoisotopic (exact) mass is 297 g/mol. The van der Waals surface area contributed by atoms with E-state index in [9.17, 15) is 9.59 Å². The number of amides is 1. The van der Waals surface area contributed by atoms with Gasteiger partial charge in [0.25, 0.3) is 5.91 Å². The Morgan fingerprint density at radius 3 is 2.40 bits per heavy atom. The first-order chi connectivity index (χ1) is 9.14. The first kappa shape index (κ1) is 16.5. The standard InChI is InChI=1S/C15H20ClNO3/c1-10-6-5-7-11(13(10)16)14(20)17(15(2,3)4)9-8-12(18)19/h5-7H,8-9H2,1-4H3,(H,18,19). The number of benzene rings is 1. The lowest BCUT2D eigenvalue weighted by atomic mass is 10.0. The van der Waals surface area contributed by atoms with E-state index in [1.807, 2.05) is 33.8 Å². The molecule has 0 heterocycles. The van der Waals surface area contributed by atoms with Crippen LogP contribution in [-0.2, 0) is 4.79 Å². The third kappa shape index (κ3) is 3.97. The fourth-order valence-electron chi connectivity index (χ4n) is 1.91. The quantitative estimate of drug-likeness (QED) is 0.927. The van der Waals surface area contributed by atoms with E-state index in [1.165, 1.54) is 0 Å². The molecule has 5 heteroatoms. The molecule has 1 amide bonds. The second kappa shape index (κ2) is 6.27. The molecule has 0 saturated carbocycles. The molecule has 0 aliphatic rings. The van der Waals surface area contributed by atoms with Crippen molar-refractivity contribution in [2.24, 2.45) is 0 Å². The molecule has 0 aliphatic heterocycles. The molecule has 1 N–H and O–H groups in total. The first-order valence-corrected chi connectivity index (χ1v) is 6.81. The van der Waals surface area contributed by atoms with Gasteiger partial charge in [0.15, 0.2) is 0 Å². The number of carbonyl (C=O) groups is 2. The number of rotatable bonds is 4. The Labute approximate surface area is 124 Å². The highest BCUT2D eigenvalue weighted by atomic mass is 35.5. The minimum Gasteiger partial charge on any atom is -0.481 e. The summed E-state index contributed by atoms with van der Waals surface area (Å²) in [5.74, 6) is -1.17. The maximum Gasteiger partial charge on any atom is 0.305 e. The van der Waals surface area contributed by atoms with Crippen LogP contribution in [0.2, 0.25) is 5.02 Å². The van der Waals surface area contributed by atoms with E-state index in [1.54, 1.807) is 17.0 Å². The topological polar surface area (TPSA) is 57.6 Å². The van der Waals surface area contributed by atoms with Gasteiger partial charge in [0.05, 0.1) is 17.0 Å². The summed E-state index contributed by atoms with van der Waals surface area (Å²) < 4.78 is 0. The molecule has 1 rings (SSSR count). The van der Waals surface area contributed by atoms with Crippen LogP contribution in [0.5, 0.6) is 0 Å². The number of carboxylic acids is 1. The van der Waals surface area contributed by atoms with Crippen molar-refractivity contribution in [3.05, 3.63) is 34.3 Å². The summed E-state index contributed by atoms with van der Waals surface area (Å²) in [6.45, 7) is 7.60. The lowest BCUT2D eigenvalue weighted by molar-refractivity contribution is -0.137. The van der Waals surface area contributed by atoms with Crippen LogP contribution < -0.4 is 0 Å². The van der Waals surface area contributed by atoms with E-state index >= 15 is 0 Å². The zero-order valence-corrected chi connectivity index (χ0v) is 13.0. The molecule has 0 fully saturated rings. The normalized spacial score (nSPS) is 11.2. The summed E-state index contributed by atoms with van der Waals surface area (Å²) in [6, 6.07) is 5.27. The van der Waals surface area contributed by atoms with Gasteiger partial charge in [0.1, 0.15) is 0 Å². The van der Waals surface area contributed by atoms with Gasteiger partial charge < -0.3 is 10.0 Å². The molecule has 0 aliphatic carbocycles. The highest BCUT2D eigenvalue weighted by Crippen LogP contribution is 2.25. The van der Waals surface area contributed by atoms with Crippen LogP contribution in [0.1, 0.15) is 43.1 Å². The summed E-state index contributed by atoms with van der Waals surface area (Å²) >= 11 is 6.18. The number of nitrogens with zero attached hydrogens (tertiary/aromatic N) is 1.